The van der Waals surface area contributed by atoms with Crippen LogP contribution in [-0.4, -0.2) is 18.9 Å². The molecule has 1 aliphatic carbocycles. The molecular formula is C9H14O3. The number of carbonyl (C=O) groups is 2. The summed E-state index contributed by atoms with van der Waals surface area (Å²) in [5.74, 6) is -0.184. The average molecular weight is 170 g/mol. The van der Waals surface area contributed by atoms with E-state index < -0.39 is 0 Å². The van der Waals surface area contributed by atoms with Gasteiger partial charge in [0.1, 0.15) is 6.29 Å². The van der Waals surface area contributed by atoms with Gasteiger partial charge in [0, 0.05) is 11.8 Å². The Labute approximate surface area is 72.1 Å². The van der Waals surface area contributed by atoms with Gasteiger partial charge in [-0.2, -0.15) is 0 Å². The standard InChI is InChI=1S/C9H14O3/c1-2-8(11)12-6-5-9(7-10)3-4-9/h7H,2-6H2,1H3. The molecule has 0 aliphatic heterocycles. The molecule has 0 aromatic carbocycles. The Morgan fingerprint density at radius 1 is 1.58 bits per heavy atom. The van der Waals surface area contributed by atoms with Gasteiger partial charge in [-0.25, -0.2) is 0 Å². The van der Waals surface area contributed by atoms with Crippen molar-refractivity contribution in [3.05, 3.63) is 0 Å². The van der Waals surface area contributed by atoms with Gasteiger partial charge in [0.15, 0.2) is 0 Å². The Morgan fingerprint density at radius 3 is 2.67 bits per heavy atom. The van der Waals surface area contributed by atoms with Gasteiger partial charge >= 0.3 is 5.97 Å². The van der Waals surface area contributed by atoms with Crippen LogP contribution < -0.4 is 0 Å². The maximum atomic E-state index is 10.7. The third-order valence-electron chi connectivity index (χ3n) is 2.29. The SMILES string of the molecule is CCC(=O)OCCC1(C=O)CC1. The van der Waals surface area contributed by atoms with Crippen molar-refractivity contribution in [2.75, 3.05) is 6.61 Å². The number of hydrogen-bond donors (Lipinski definition) is 0. The summed E-state index contributed by atoms with van der Waals surface area (Å²) >= 11 is 0. The highest BCUT2D eigenvalue weighted by atomic mass is 16.5. The zero-order valence-electron chi connectivity index (χ0n) is 7.34. The summed E-state index contributed by atoms with van der Waals surface area (Å²) in [6, 6.07) is 0. The molecule has 0 aromatic rings. The van der Waals surface area contributed by atoms with Crippen LogP contribution >= 0.6 is 0 Å². The lowest BCUT2D eigenvalue weighted by atomic mass is 10.1. The lowest BCUT2D eigenvalue weighted by molar-refractivity contribution is -0.144. The van der Waals surface area contributed by atoms with Gasteiger partial charge in [-0.15, -0.1) is 0 Å². The summed E-state index contributed by atoms with van der Waals surface area (Å²) in [6.45, 7) is 2.15. The van der Waals surface area contributed by atoms with E-state index in [2.05, 4.69) is 0 Å². The molecule has 0 atom stereocenters. The molecule has 0 amide bonds. The van der Waals surface area contributed by atoms with E-state index in [1.165, 1.54) is 0 Å². The van der Waals surface area contributed by atoms with Crippen molar-refractivity contribution in [1.29, 1.82) is 0 Å². The van der Waals surface area contributed by atoms with E-state index in [9.17, 15) is 9.59 Å². The Morgan fingerprint density at radius 2 is 2.25 bits per heavy atom. The topological polar surface area (TPSA) is 43.4 Å². The normalized spacial score (nSPS) is 18.4. The maximum Gasteiger partial charge on any atom is 0.305 e. The number of ether oxygens (including phenoxy) is 1. The van der Waals surface area contributed by atoms with Crippen LogP contribution in [0.4, 0.5) is 0 Å². The smallest absolute Gasteiger partial charge is 0.305 e. The number of esters is 1. The highest BCUT2D eigenvalue weighted by Crippen LogP contribution is 2.46. The molecule has 0 unspecified atom stereocenters. The van der Waals surface area contributed by atoms with Crippen LogP contribution in [0.3, 0.4) is 0 Å². The lowest BCUT2D eigenvalue weighted by Gasteiger charge is -2.06. The van der Waals surface area contributed by atoms with Gasteiger partial charge in [0.2, 0.25) is 0 Å². The van der Waals surface area contributed by atoms with Crippen LogP contribution in [0.15, 0.2) is 0 Å². The quantitative estimate of drug-likeness (QED) is 0.461. The summed E-state index contributed by atoms with van der Waals surface area (Å²) in [5, 5.41) is 0. The number of rotatable bonds is 5. The minimum Gasteiger partial charge on any atom is -0.466 e. The maximum absolute atomic E-state index is 10.7. The second-order valence-corrected chi connectivity index (χ2v) is 3.30. The molecule has 0 spiro atoms. The first-order chi connectivity index (χ1) is 5.72. The predicted octanol–water partition coefficient (Wildman–Crippen LogP) is 1.31. The molecule has 3 heteroatoms. The Balaban J connectivity index is 2.10. The van der Waals surface area contributed by atoms with E-state index in [1.807, 2.05) is 0 Å². The Kier molecular flexibility index (Phi) is 2.84. The van der Waals surface area contributed by atoms with Gasteiger partial charge < -0.3 is 9.53 Å². The molecule has 1 aliphatic rings. The van der Waals surface area contributed by atoms with Crippen LogP contribution in [0.25, 0.3) is 0 Å². The van der Waals surface area contributed by atoms with E-state index in [1.54, 1.807) is 6.92 Å². The summed E-state index contributed by atoms with van der Waals surface area (Å²) in [5.41, 5.74) is -0.131. The Bertz CT molecular complexity index is 182. The molecule has 1 saturated carbocycles. The first-order valence-electron chi connectivity index (χ1n) is 4.34. The molecule has 1 rings (SSSR count). The fourth-order valence-corrected chi connectivity index (χ4v) is 1.06. The van der Waals surface area contributed by atoms with Gasteiger partial charge in [0.25, 0.3) is 0 Å². The van der Waals surface area contributed by atoms with E-state index in [0.29, 0.717) is 19.4 Å². The molecule has 1 fully saturated rings. The van der Waals surface area contributed by atoms with Crippen LogP contribution in [0.1, 0.15) is 32.6 Å². The van der Waals surface area contributed by atoms with Gasteiger partial charge in [-0.05, 0) is 19.3 Å². The highest BCUT2D eigenvalue weighted by molar-refractivity contribution is 5.69. The first-order valence-corrected chi connectivity index (χ1v) is 4.34. The van der Waals surface area contributed by atoms with Crippen molar-refractivity contribution >= 4 is 12.3 Å². The summed E-state index contributed by atoms with van der Waals surface area (Å²) in [4.78, 5) is 21.2. The number of aldehydes is 1. The van der Waals surface area contributed by atoms with Crippen molar-refractivity contribution in [2.45, 2.75) is 32.6 Å². The monoisotopic (exact) mass is 170 g/mol. The average Bonchev–Trinajstić information content (AvgIpc) is 2.85. The van der Waals surface area contributed by atoms with Crippen LogP contribution in [0, 0.1) is 5.41 Å². The molecule has 3 nitrogen and oxygen atoms in total. The van der Waals surface area contributed by atoms with Gasteiger partial charge in [-0.1, -0.05) is 6.92 Å². The lowest BCUT2D eigenvalue weighted by Crippen LogP contribution is -2.10. The van der Waals surface area contributed by atoms with E-state index in [-0.39, 0.29) is 11.4 Å². The number of carbonyl (C=O) groups excluding carboxylic acids is 2. The molecule has 0 aromatic heterocycles. The predicted molar refractivity (Wildman–Crippen MR) is 43.6 cm³/mol. The molecule has 0 heterocycles. The molecule has 0 radical (unpaired) electrons. The van der Waals surface area contributed by atoms with E-state index in [4.69, 9.17) is 4.74 Å². The van der Waals surface area contributed by atoms with Crippen molar-refractivity contribution in [3.63, 3.8) is 0 Å². The zero-order chi connectivity index (χ0) is 9.03. The molecule has 0 bridgehead atoms. The zero-order valence-corrected chi connectivity index (χ0v) is 7.34. The van der Waals surface area contributed by atoms with Crippen molar-refractivity contribution < 1.29 is 14.3 Å². The highest BCUT2D eigenvalue weighted by Gasteiger charge is 2.42. The second-order valence-electron chi connectivity index (χ2n) is 3.30. The van der Waals surface area contributed by atoms with Gasteiger partial charge in [-0.3, -0.25) is 4.79 Å². The van der Waals surface area contributed by atoms with Crippen molar-refractivity contribution in [1.82, 2.24) is 0 Å². The Hall–Kier alpha value is -0.860. The molecule has 12 heavy (non-hydrogen) atoms. The van der Waals surface area contributed by atoms with E-state index >= 15 is 0 Å². The minimum atomic E-state index is -0.184. The fraction of sp³-hybridized carbons (Fsp3) is 0.778. The fourth-order valence-electron chi connectivity index (χ4n) is 1.06. The van der Waals surface area contributed by atoms with Crippen molar-refractivity contribution in [3.8, 4) is 0 Å². The summed E-state index contributed by atoms with van der Waals surface area (Å²) < 4.78 is 4.87. The van der Waals surface area contributed by atoms with E-state index in [0.717, 1.165) is 19.1 Å². The molecule has 0 N–H and O–H groups in total. The third-order valence-corrected chi connectivity index (χ3v) is 2.29. The molecular weight excluding hydrogens is 156 g/mol. The molecule has 68 valence electrons. The van der Waals surface area contributed by atoms with Gasteiger partial charge in [0.05, 0.1) is 6.61 Å². The van der Waals surface area contributed by atoms with Crippen molar-refractivity contribution in [2.24, 2.45) is 5.41 Å². The number of hydrogen-bond acceptors (Lipinski definition) is 3. The largest absolute Gasteiger partial charge is 0.466 e. The summed E-state index contributed by atoms with van der Waals surface area (Å²) in [7, 11) is 0. The molecule has 0 saturated heterocycles. The van der Waals surface area contributed by atoms with Crippen LogP contribution in [-0.2, 0) is 14.3 Å². The third kappa shape index (κ3) is 2.32. The second kappa shape index (κ2) is 3.70. The van der Waals surface area contributed by atoms with Crippen LogP contribution in [0.2, 0.25) is 0 Å². The first kappa shape index (κ1) is 9.23. The summed E-state index contributed by atoms with van der Waals surface area (Å²) in [6.07, 6.45) is 4.02. The minimum absolute atomic E-state index is 0.131. The van der Waals surface area contributed by atoms with Crippen LogP contribution in [0.5, 0.6) is 0 Å².